The predicted octanol–water partition coefficient (Wildman–Crippen LogP) is 3.36. The molecular formula is C29H34F2N2O6. The zero-order valence-electron chi connectivity index (χ0n) is 22.1. The van der Waals surface area contributed by atoms with Gasteiger partial charge in [-0.1, -0.05) is 12.1 Å². The summed E-state index contributed by atoms with van der Waals surface area (Å²) in [6, 6.07) is 8.23. The van der Waals surface area contributed by atoms with Gasteiger partial charge in [-0.15, -0.1) is 0 Å². The first-order chi connectivity index (χ1) is 18.8. The number of carbonyl (C=O) groups excluding carboxylic acids is 3. The number of nitrogens with zero attached hydrogens (tertiary/aromatic N) is 2. The van der Waals surface area contributed by atoms with E-state index in [9.17, 15) is 14.4 Å². The van der Waals surface area contributed by atoms with Gasteiger partial charge in [0.15, 0.2) is 0 Å². The van der Waals surface area contributed by atoms with E-state index in [1.807, 2.05) is 0 Å². The first kappa shape index (κ1) is 28.6. The number of likely N-dealkylation sites (tertiary alicyclic amines) is 2. The Hall–Kier alpha value is -3.37. The Morgan fingerprint density at radius 1 is 0.769 bits per heavy atom. The van der Waals surface area contributed by atoms with Crippen molar-refractivity contribution in [3.05, 3.63) is 59.2 Å². The van der Waals surface area contributed by atoms with Gasteiger partial charge in [-0.25, -0.2) is 8.78 Å². The highest BCUT2D eigenvalue weighted by Gasteiger charge is 2.30. The number of halogens is 2. The minimum Gasteiger partial charge on any atom is -0.492 e. The van der Waals surface area contributed by atoms with Gasteiger partial charge in [-0.2, -0.15) is 0 Å². The lowest BCUT2D eigenvalue weighted by Gasteiger charge is -2.25. The molecule has 2 aromatic carbocycles. The summed E-state index contributed by atoms with van der Waals surface area (Å²) in [6.07, 6.45) is 2.13. The average molecular weight is 545 g/mol. The second-order valence-electron chi connectivity index (χ2n) is 9.78. The molecule has 2 aliphatic rings. The van der Waals surface area contributed by atoms with Crippen LogP contribution in [0.25, 0.3) is 0 Å². The number of piperidine rings is 2. The minimum atomic E-state index is -1.31. The molecule has 10 heteroatoms. The molecule has 2 heterocycles. The van der Waals surface area contributed by atoms with E-state index < -0.39 is 23.5 Å². The van der Waals surface area contributed by atoms with E-state index in [0.717, 1.165) is 0 Å². The van der Waals surface area contributed by atoms with Gasteiger partial charge in [-0.05, 0) is 12.1 Å². The zero-order chi connectivity index (χ0) is 27.8. The second kappa shape index (κ2) is 13.6. The largest absolute Gasteiger partial charge is 0.492 e. The fourth-order valence-corrected chi connectivity index (χ4v) is 4.84. The maximum Gasteiger partial charge on any atom is 0.317 e. The standard InChI is InChI=1S/C29H34F2N2O6/c1-37-29(36)28(24-4-2-22(18-26(24)30)38-16-14-32-10-6-20(34)7-11-32)25-5-3-23(19-27(25)31)39-17-15-33-12-8-21(35)9-13-33/h2-5,18-19,28H,6-17H2,1H3. The van der Waals surface area contributed by atoms with Gasteiger partial charge in [0.05, 0.1) is 7.11 Å². The average Bonchev–Trinajstić information content (AvgIpc) is 2.93. The van der Waals surface area contributed by atoms with Crippen molar-refractivity contribution >= 4 is 17.5 Å². The summed E-state index contributed by atoms with van der Waals surface area (Å²) < 4.78 is 46.6. The molecule has 0 spiro atoms. The highest BCUT2D eigenvalue weighted by atomic mass is 19.1. The van der Waals surface area contributed by atoms with Crippen LogP contribution in [0.15, 0.2) is 36.4 Å². The van der Waals surface area contributed by atoms with Crippen molar-refractivity contribution < 1.29 is 37.4 Å². The van der Waals surface area contributed by atoms with Crippen LogP contribution in [0.5, 0.6) is 11.5 Å². The fraction of sp³-hybridized carbons (Fsp3) is 0.483. The van der Waals surface area contributed by atoms with Crippen molar-refractivity contribution in [3.8, 4) is 11.5 Å². The fourth-order valence-electron chi connectivity index (χ4n) is 4.84. The Bertz CT molecular complexity index is 1090. The Balaban J connectivity index is 1.38. The maximum atomic E-state index is 15.2. The maximum absolute atomic E-state index is 15.2. The van der Waals surface area contributed by atoms with E-state index in [-0.39, 0.29) is 34.2 Å². The normalized spacial score (nSPS) is 16.9. The number of ether oxygens (including phenoxy) is 3. The Kier molecular flexibility index (Phi) is 10.00. The molecule has 0 bridgehead atoms. The first-order valence-corrected chi connectivity index (χ1v) is 13.2. The van der Waals surface area contributed by atoms with Crippen molar-refractivity contribution in [1.82, 2.24) is 9.80 Å². The first-order valence-electron chi connectivity index (χ1n) is 13.2. The molecule has 0 unspecified atom stereocenters. The molecule has 4 rings (SSSR count). The van der Waals surface area contributed by atoms with Gasteiger partial charge in [-0.3, -0.25) is 24.2 Å². The molecule has 8 nitrogen and oxygen atoms in total. The number of hydrogen-bond donors (Lipinski definition) is 0. The molecule has 0 atom stereocenters. The zero-order valence-corrected chi connectivity index (χ0v) is 22.1. The minimum absolute atomic E-state index is 0.0315. The molecule has 2 saturated heterocycles. The van der Waals surface area contributed by atoms with Gasteiger partial charge in [0.1, 0.15) is 53.8 Å². The monoisotopic (exact) mass is 544 g/mol. The van der Waals surface area contributed by atoms with Gasteiger partial charge in [0.2, 0.25) is 0 Å². The van der Waals surface area contributed by atoms with Gasteiger partial charge < -0.3 is 14.2 Å². The second-order valence-corrected chi connectivity index (χ2v) is 9.78. The Labute approximate surface area is 226 Å². The van der Waals surface area contributed by atoms with Crippen molar-refractivity contribution in [2.24, 2.45) is 0 Å². The highest BCUT2D eigenvalue weighted by Crippen LogP contribution is 2.33. The lowest BCUT2D eigenvalue weighted by atomic mass is 9.90. The summed E-state index contributed by atoms with van der Waals surface area (Å²) in [4.78, 5) is 39.6. The quantitative estimate of drug-likeness (QED) is 0.399. The van der Waals surface area contributed by atoms with E-state index in [1.54, 1.807) is 0 Å². The van der Waals surface area contributed by atoms with Crippen LogP contribution in [-0.4, -0.2) is 86.9 Å². The number of hydrogen-bond acceptors (Lipinski definition) is 8. The van der Waals surface area contributed by atoms with Crippen LogP contribution in [0.4, 0.5) is 8.78 Å². The van der Waals surface area contributed by atoms with E-state index in [2.05, 4.69) is 9.80 Å². The molecule has 210 valence electrons. The third kappa shape index (κ3) is 7.83. The van der Waals surface area contributed by atoms with Crippen molar-refractivity contribution in [3.63, 3.8) is 0 Å². The smallest absolute Gasteiger partial charge is 0.317 e. The third-order valence-corrected chi connectivity index (χ3v) is 7.18. The van der Waals surface area contributed by atoms with Crippen LogP contribution < -0.4 is 9.47 Å². The molecule has 39 heavy (non-hydrogen) atoms. The number of rotatable bonds is 11. The topological polar surface area (TPSA) is 85.4 Å². The number of esters is 1. The SMILES string of the molecule is COC(=O)C(c1ccc(OCCN2CCC(=O)CC2)cc1F)c1ccc(OCCN2CCC(=O)CC2)cc1F. The summed E-state index contributed by atoms with van der Waals surface area (Å²) in [7, 11) is 1.17. The van der Waals surface area contributed by atoms with Crippen LogP contribution in [0.1, 0.15) is 42.7 Å². The molecule has 2 aromatic rings. The Morgan fingerprint density at radius 2 is 1.18 bits per heavy atom. The summed E-state index contributed by atoms with van der Waals surface area (Å²) in [5, 5.41) is 0. The lowest BCUT2D eigenvalue weighted by molar-refractivity contribution is -0.141. The summed E-state index contributed by atoms with van der Waals surface area (Å²) in [6.45, 7) is 4.60. The Morgan fingerprint density at radius 3 is 1.54 bits per heavy atom. The van der Waals surface area contributed by atoms with Crippen LogP contribution in [0.2, 0.25) is 0 Å². The lowest BCUT2D eigenvalue weighted by Crippen LogP contribution is -2.36. The number of Topliss-reactive ketones (excluding diaryl/α,β-unsaturated/α-hetero) is 2. The molecule has 0 N–H and O–H groups in total. The van der Waals surface area contributed by atoms with Crippen molar-refractivity contribution in [2.45, 2.75) is 31.6 Å². The number of benzene rings is 2. The summed E-state index contributed by atoms with van der Waals surface area (Å²) in [5.74, 6) is -2.44. The van der Waals surface area contributed by atoms with E-state index in [0.29, 0.717) is 78.2 Å². The predicted molar refractivity (Wildman–Crippen MR) is 139 cm³/mol. The molecule has 0 aliphatic carbocycles. The molecule has 0 amide bonds. The van der Waals surface area contributed by atoms with Crippen LogP contribution >= 0.6 is 0 Å². The van der Waals surface area contributed by atoms with E-state index in [1.165, 1.54) is 43.5 Å². The summed E-state index contributed by atoms with van der Waals surface area (Å²) >= 11 is 0. The third-order valence-electron chi connectivity index (χ3n) is 7.18. The molecule has 0 saturated carbocycles. The molecule has 2 fully saturated rings. The van der Waals surface area contributed by atoms with Crippen molar-refractivity contribution in [1.29, 1.82) is 0 Å². The van der Waals surface area contributed by atoms with Crippen molar-refractivity contribution in [2.75, 3.05) is 59.6 Å². The molecule has 2 aliphatic heterocycles. The highest BCUT2D eigenvalue weighted by molar-refractivity contribution is 5.82. The van der Waals surface area contributed by atoms with Gasteiger partial charge >= 0.3 is 5.97 Å². The van der Waals surface area contributed by atoms with Crippen LogP contribution in [-0.2, 0) is 19.1 Å². The van der Waals surface area contributed by atoms with Gasteiger partial charge in [0, 0.05) is 88.2 Å². The number of carbonyl (C=O) groups is 3. The number of ketones is 2. The van der Waals surface area contributed by atoms with Crippen LogP contribution in [0.3, 0.4) is 0 Å². The molecule has 0 radical (unpaired) electrons. The van der Waals surface area contributed by atoms with Crippen LogP contribution in [0, 0.1) is 11.6 Å². The number of methoxy groups -OCH3 is 1. The molecule has 0 aromatic heterocycles. The summed E-state index contributed by atoms with van der Waals surface area (Å²) in [5.41, 5.74) is -0.0630. The van der Waals surface area contributed by atoms with Gasteiger partial charge in [0.25, 0.3) is 0 Å². The van der Waals surface area contributed by atoms with E-state index in [4.69, 9.17) is 14.2 Å². The molecular weight excluding hydrogens is 510 g/mol. The van der Waals surface area contributed by atoms with E-state index >= 15 is 8.78 Å².